The Hall–Kier alpha value is -3.02. The van der Waals surface area contributed by atoms with Crippen molar-refractivity contribution in [2.24, 2.45) is 0 Å². The Morgan fingerprint density at radius 1 is 1.04 bits per heavy atom. The highest BCUT2D eigenvalue weighted by molar-refractivity contribution is 5.80. The van der Waals surface area contributed by atoms with Crippen LogP contribution < -0.4 is 10.1 Å². The quantitative estimate of drug-likeness (QED) is 0.756. The highest BCUT2D eigenvalue weighted by Gasteiger charge is 2.23. The minimum absolute atomic E-state index is 0.0387. The fourth-order valence-corrected chi connectivity index (χ4v) is 2.37. The highest BCUT2D eigenvalue weighted by atomic mass is 16.5. The number of carbonyl (C=O) groups is 2. The molecule has 1 unspecified atom stereocenters. The van der Waals surface area contributed by atoms with Crippen LogP contribution in [0.2, 0.25) is 0 Å². The average molecular weight is 357 g/mol. The van der Waals surface area contributed by atoms with Gasteiger partial charge >= 0.3 is 12.1 Å². The molecule has 0 saturated heterocycles. The maximum absolute atomic E-state index is 12.0. The SMILES string of the molecule is CC(C)Oc1ccccc1CC(NC(=O)OCc1ccccc1)C(=O)O. The lowest BCUT2D eigenvalue weighted by atomic mass is 10.0. The summed E-state index contributed by atoms with van der Waals surface area (Å²) in [4.78, 5) is 23.5. The molecule has 2 rings (SSSR count). The van der Waals surface area contributed by atoms with Crippen molar-refractivity contribution in [3.05, 3.63) is 65.7 Å². The topological polar surface area (TPSA) is 84.9 Å². The Bertz CT molecular complexity index is 730. The number of rotatable bonds is 8. The lowest BCUT2D eigenvalue weighted by Gasteiger charge is -2.18. The smallest absolute Gasteiger partial charge is 0.408 e. The molecule has 2 aromatic rings. The van der Waals surface area contributed by atoms with Gasteiger partial charge in [0.25, 0.3) is 0 Å². The first-order valence-electron chi connectivity index (χ1n) is 8.40. The van der Waals surface area contributed by atoms with Gasteiger partial charge in [-0.15, -0.1) is 0 Å². The lowest BCUT2D eigenvalue weighted by Crippen LogP contribution is -2.42. The average Bonchev–Trinajstić information content (AvgIpc) is 2.61. The molecule has 0 radical (unpaired) electrons. The van der Waals surface area contributed by atoms with Gasteiger partial charge in [-0.25, -0.2) is 9.59 Å². The molecule has 6 nitrogen and oxygen atoms in total. The van der Waals surface area contributed by atoms with E-state index in [2.05, 4.69) is 5.32 Å². The summed E-state index contributed by atoms with van der Waals surface area (Å²) in [5.74, 6) is -0.533. The van der Waals surface area contributed by atoms with Crippen LogP contribution in [0.5, 0.6) is 5.75 Å². The molecule has 26 heavy (non-hydrogen) atoms. The fraction of sp³-hybridized carbons (Fsp3) is 0.300. The van der Waals surface area contributed by atoms with Gasteiger partial charge in [-0.3, -0.25) is 0 Å². The first-order valence-corrected chi connectivity index (χ1v) is 8.40. The third kappa shape index (κ3) is 6.12. The van der Waals surface area contributed by atoms with Gasteiger partial charge in [-0.2, -0.15) is 0 Å². The van der Waals surface area contributed by atoms with Crippen molar-refractivity contribution in [3.63, 3.8) is 0 Å². The summed E-state index contributed by atoms with van der Waals surface area (Å²) in [6, 6.07) is 15.2. The van der Waals surface area contributed by atoms with Crippen molar-refractivity contribution in [2.75, 3.05) is 0 Å². The van der Waals surface area contributed by atoms with Crippen LogP contribution in [0, 0.1) is 0 Å². The second kappa shape index (κ2) is 9.46. The summed E-state index contributed by atoms with van der Waals surface area (Å²) < 4.78 is 10.8. The summed E-state index contributed by atoms with van der Waals surface area (Å²) in [7, 11) is 0. The minimum Gasteiger partial charge on any atom is -0.491 e. The van der Waals surface area contributed by atoms with Crippen LogP contribution in [0.3, 0.4) is 0 Å². The molecule has 0 fully saturated rings. The van der Waals surface area contributed by atoms with Crippen LogP contribution in [-0.2, 0) is 22.6 Å². The first-order chi connectivity index (χ1) is 12.5. The van der Waals surface area contributed by atoms with E-state index < -0.39 is 18.1 Å². The van der Waals surface area contributed by atoms with Crippen LogP contribution in [0.25, 0.3) is 0 Å². The molecule has 2 N–H and O–H groups in total. The summed E-state index contributed by atoms with van der Waals surface area (Å²) >= 11 is 0. The van der Waals surface area contributed by atoms with Crippen LogP contribution in [0.1, 0.15) is 25.0 Å². The number of ether oxygens (including phenoxy) is 2. The van der Waals surface area contributed by atoms with Gasteiger partial charge in [0.1, 0.15) is 18.4 Å². The number of hydrogen-bond acceptors (Lipinski definition) is 4. The molecule has 0 heterocycles. The molecular weight excluding hydrogens is 334 g/mol. The van der Waals surface area contributed by atoms with Crippen molar-refractivity contribution in [3.8, 4) is 5.75 Å². The Morgan fingerprint density at radius 2 is 1.69 bits per heavy atom. The van der Waals surface area contributed by atoms with Crippen molar-refractivity contribution >= 4 is 12.1 Å². The highest BCUT2D eigenvalue weighted by Crippen LogP contribution is 2.21. The molecule has 0 aliphatic carbocycles. The van der Waals surface area contributed by atoms with E-state index in [1.807, 2.05) is 50.2 Å². The number of aliphatic carboxylic acids is 1. The molecule has 0 bridgehead atoms. The zero-order valence-electron chi connectivity index (χ0n) is 14.8. The van der Waals surface area contributed by atoms with Gasteiger partial charge in [0.15, 0.2) is 0 Å². The molecule has 6 heteroatoms. The number of carboxylic acid groups (broad SMARTS) is 1. The second-order valence-corrected chi connectivity index (χ2v) is 6.08. The van der Waals surface area contributed by atoms with E-state index in [0.717, 1.165) is 5.56 Å². The number of carboxylic acids is 1. The summed E-state index contributed by atoms with van der Waals surface area (Å²) in [5.41, 5.74) is 1.53. The molecule has 0 spiro atoms. The Balaban J connectivity index is 1.98. The second-order valence-electron chi connectivity index (χ2n) is 6.08. The Morgan fingerprint density at radius 3 is 2.35 bits per heavy atom. The zero-order valence-corrected chi connectivity index (χ0v) is 14.8. The number of benzene rings is 2. The molecule has 0 aliphatic rings. The number of alkyl carbamates (subject to hydrolysis) is 1. The summed E-state index contributed by atoms with van der Waals surface area (Å²) in [5, 5.41) is 11.8. The Kier molecular flexibility index (Phi) is 7.02. The van der Waals surface area contributed by atoms with Crippen LogP contribution in [-0.4, -0.2) is 29.3 Å². The van der Waals surface area contributed by atoms with E-state index in [1.165, 1.54) is 0 Å². The maximum atomic E-state index is 12.0. The Labute approximate surface area is 152 Å². The molecule has 1 atom stereocenters. The normalized spacial score (nSPS) is 11.7. The fourth-order valence-electron chi connectivity index (χ4n) is 2.37. The van der Waals surface area contributed by atoms with Crippen molar-refractivity contribution < 1.29 is 24.2 Å². The molecule has 2 aromatic carbocycles. The van der Waals surface area contributed by atoms with E-state index >= 15 is 0 Å². The standard InChI is InChI=1S/C20H23NO5/c1-14(2)26-18-11-7-6-10-16(18)12-17(19(22)23)21-20(24)25-13-15-8-4-3-5-9-15/h3-11,14,17H,12-13H2,1-2H3,(H,21,24)(H,22,23). The molecular formula is C20H23NO5. The minimum atomic E-state index is -1.14. The van der Waals surface area contributed by atoms with Crippen LogP contribution in [0.4, 0.5) is 4.79 Å². The predicted molar refractivity (Wildman–Crippen MR) is 97.1 cm³/mol. The molecule has 0 aromatic heterocycles. The number of carbonyl (C=O) groups excluding carboxylic acids is 1. The van der Waals surface area contributed by atoms with Gasteiger partial charge in [0, 0.05) is 6.42 Å². The van der Waals surface area contributed by atoms with Crippen molar-refractivity contribution in [1.82, 2.24) is 5.32 Å². The first kappa shape index (κ1) is 19.3. The van der Waals surface area contributed by atoms with Crippen LogP contribution >= 0.6 is 0 Å². The van der Waals surface area contributed by atoms with E-state index in [1.54, 1.807) is 18.2 Å². The van der Waals surface area contributed by atoms with Gasteiger partial charge in [-0.05, 0) is 31.0 Å². The largest absolute Gasteiger partial charge is 0.491 e. The lowest BCUT2D eigenvalue weighted by molar-refractivity contribution is -0.139. The summed E-state index contributed by atoms with van der Waals surface area (Å²) in [6.07, 6.45) is -0.717. The molecule has 0 aliphatic heterocycles. The van der Waals surface area contributed by atoms with E-state index in [4.69, 9.17) is 9.47 Å². The number of amides is 1. The monoisotopic (exact) mass is 357 g/mol. The van der Waals surface area contributed by atoms with Gasteiger partial charge < -0.3 is 19.9 Å². The summed E-state index contributed by atoms with van der Waals surface area (Å²) in [6.45, 7) is 3.86. The van der Waals surface area contributed by atoms with E-state index in [9.17, 15) is 14.7 Å². The zero-order chi connectivity index (χ0) is 18.9. The number of hydrogen-bond donors (Lipinski definition) is 2. The van der Waals surface area contributed by atoms with Gasteiger partial charge in [-0.1, -0.05) is 48.5 Å². The van der Waals surface area contributed by atoms with Crippen LogP contribution in [0.15, 0.2) is 54.6 Å². The number of nitrogens with one attached hydrogen (secondary N) is 1. The van der Waals surface area contributed by atoms with E-state index in [-0.39, 0.29) is 19.1 Å². The third-order valence-electron chi connectivity index (χ3n) is 3.56. The van der Waals surface area contributed by atoms with Gasteiger partial charge in [0.05, 0.1) is 6.10 Å². The van der Waals surface area contributed by atoms with Crippen molar-refractivity contribution in [2.45, 2.75) is 39.0 Å². The van der Waals surface area contributed by atoms with Gasteiger partial charge in [0.2, 0.25) is 0 Å². The maximum Gasteiger partial charge on any atom is 0.408 e. The molecule has 1 amide bonds. The predicted octanol–water partition coefficient (Wildman–Crippen LogP) is 3.40. The van der Waals surface area contributed by atoms with Crippen molar-refractivity contribution in [1.29, 1.82) is 0 Å². The van der Waals surface area contributed by atoms with E-state index in [0.29, 0.717) is 11.3 Å². The molecule has 0 saturated carbocycles. The molecule has 138 valence electrons. The third-order valence-corrected chi connectivity index (χ3v) is 3.56. The number of para-hydroxylation sites is 1.